The van der Waals surface area contributed by atoms with Crippen LogP contribution in [0.4, 0.5) is 13.2 Å². The molecule has 0 aromatic heterocycles. The molecule has 0 aliphatic heterocycles. The van der Waals surface area contributed by atoms with Gasteiger partial charge in [0.15, 0.2) is 0 Å². The molecule has 23 heavy (non-hydrogen) atoms. The number of hydrogen-bond donors (Lipinski definition) is 0. The third-order valence-corrected chi connectivity index (χ3v) is 3.96. The van der Waals surface area contributed by atoms with Crippen LogP contribution in [-0.2, 0) is 24.5 Å². The zero-order valence-corrected chi connectivity index (χ0v) is 12.7. The van der Waals surface area contributed by atoms with Gasteiger partial charge in [-0.15, -0.1) is 0 Å². The van der Waals surface area contributed by atoms with Crippen molar-refractivity contribution in [2.45, 2.75) is 25.4 Å². The predicted molar refractivity (Wildman–Crippen MR) is 74.4 cm³/mol. The van der Waals surface area contributed by atoms with E-state index in [1.54, 1.807) is 6.07 Å². The number of carbonyl (C=O) groups excluding carboxylic acids is 2. The predicted octanol–water partition coefficient (Wildman–Crippen LogP) is 2.86. The van der Waals surface area contributed by atoms with Crippen molar-refractivity contribution in [3.05, 3.63) is 35.9 Å². The van der Waals surface area contributed by atoms with Crippen LogP contribution in [0.5, 0.6) is 0 Å². The molecule has 1 aromatic carbocycles. The molecule has 0 amide bonds. The smallest absolute Gasteiger partial charge is 0.394 e. The molecule has 1 aliphatic carbocycles. The third kappa shape index (κ3) is 2.80. The highest BCUT2D eigenvalue weighted by atomic mass is 19.4. The Hall–Kier alpha value is -2.05. The summed E-state index contributed by atoms with van der Waals surface area (Å²) in [6, 6.07) is 7.45. The molecule has 3 atom stereocenters. The average molecular weight is 330 g/mol. The van der Waals surface area contributed by atoms with Crippen LogP contribution in [0.3, 0.4) is 0 Å². The average Bonchev–Trinajstić information content (AvgIpc) is 3.20. The van der Waals surface area contributed by atoms with Gasteiger partial charge in [-0.2, -0.15) is 13.2 Å². The highest BCUT2D eigenvalue weighted by molar-refractivity contribution is 5.97. The highest BCUT2D eigenvalue weighted by Crippen LogP contribution is 2.67. The molecule has 4 nitrogen and oxygen atoms in total. The maximum absolute atomic E-state index is 13.5. The molecule has 1 aliphatic rings. The molecule has 0 spiro atoms. The molecule has 7 heteroatoms. The molecule has 126 valence electrons. The Morgan fingerprint density at radius 2 is 1.65 bits per heavy atom. The van der Waals surface area contributed by atoms with E-state index in [-0.39, 0.29) is 18.8 Å². The summed E-state index contributed by atoms with van der Waals surface area (Å²) in [4.78, 5) is 24.4. The largest absolute Gasteiger partial charge is 0.466 e. The van der Waals surface area contributed by atoms with Gasteiger partial charge in [0, 0.05) is 0 Å². The monoisotopic (exact) mass is 330 g/mol. The number of ether oxygens (including phenoxy) is 2. The summed E-state index contributed by atoms with van der Waals surface area (Å²) in [5.74, 6) is -5.85. The molecule has 1 aromatic rings. The van der Waals surface area contributed by atoms with Crippen molar-refractivity contribution in [3.63, 3.8) is 0 Å². The number of esters is 2. The number of hydrogen-bond acceptors (Lipinski definition) is 4. The summed E-state index contributed by atoms with van der Waals surface area (Å²) in [6.07, 6.45) is -4.72. The maximum Gasteiger partial charge on any atom is 0.394 e. The molecule has 0 bridgehead atoms. The Morgan fingerprint density at radius 1 is 1.09 bits per heavy atom. The summed E-state index contributed by atoms with van der Waals surface area (Å²) >= 11 is 0. The van der Waals surface area contributed by atoms with E-state index in [0.717, 1.165) is 0 Å². The van der Waals surface area contributed by atoms with E-state index in [4.69, 9.17) is 9.47 Å². The summed E-state index contributed by atoms with van der Waals surface area (Å²) in [6.45, 7) is 2.86. The van der Waals surface area contributed by atoms with Crippen molar-refractivity contribution in [1.82, 2.24) is 0 Å². The SMILES string of the molecule is CCOC(=O)[C@@H]1[C@@H](C(F)(F)F)[C@@]1(C(=O)OCC)c1ccccc1. The summed E-state index contributed by atoms with van der Waals surface area (Å²) in [5.41, 5.74) is -1.96. The second-order valence-corrected chi connectivity index (χ2v) is 5.20. The highest BCUT2D eigenvalue weighted by Gasteiger charge is 2.83. The van der Waals surface area contributed by atoms with Gasteiger partial charge >= 0.3 is 18.1 Å². The van der Waals surface area contributed by atoms with Gasteiger partial charge in [0.1, 0.15) is 5.41 Å². The van der Waals surface area contributed by atoms with Crippen molar-refractivity contribution in [2.24, 2.45) is 11.8 Å². The Balaban J connectivity index is 2.55. The van der Waals surface area contributed by atoms with Crippen molar-refractivity contribution in [1.29, 1.82) is 0 Å². The van der Waals surface area contributed by atoms with Crippen LogP contribution in [0, 0.1) is 11.8 Å². The van der Waals surface area contributed by atoms with E-state index in [1.807, 2.05) is 0 Å². The van der Waals surface area contributed by atoms with E-state index in [0.29, 0.717) is 0 Å². The molecular weight excluding hydrogens is 313 g/mol. The van der Waals surface area contributed by atoms with Crippen molar-refractivity contribution in [3.8, 4) is 0 Å². The van der Waals surface area contributed by atoms with Gasteiger partial charge in [-0.05, 0) is 19.4 Å². The van der Waals surface area contributed by atoms with Gasteiger partial charge in [-0.1, -0.05) is 30.3 Å². The first-order valence-electron chi connectivity index (χ1n) is 7.27. The van der Waals surface area contributed by atoms with Gasteiger partial charge < -0.3 is 9.47 Å². The number of alkyl halides is 3. The van der Waals surface area contributed by atoms with Crippen LogP contribution in [0.15, 0.2) is 30.3 Å². The fourth-order valence-electron chi connectivity index (χ4n) is 3.08. The minimum atomic E-state index is -4.72. The molecular formula is C16H17F3O4. The van der Waals surface area contributed by atoms with Gasteiger partial charge in [-0.25, -0.2) is 0 Å². The second-order valence-electron chi connectivity index (χ2n) is 5.20. The van der Waals surface area contributed by atoms with Crippen molar-refractivity contribution in [2.75, 3.05) is 13.2 Å². The Morgan fingerprint density at radius 3 is 2.13 bits per heavy atom. The molecule has 0 heterocycles. The van der Waals surface area contributed by atoms with Crippen molar-refractivity contribution >= 4 is 11.9 Å². The van der Waals surface area contributed by atoms with E-state index >= 15 is 0 Å². The minimum absolute atomic E-state index is 0.0619. The van der Waals surface area contributed by atoms with Crippen LogP contribution in [0.1, 0.15) is 19.4 Å². The lowest BCUT2D eigenvalue weighted by molar-refractivity contribution is -0.168. The first kappa shape index (κ1) is 17.3. The molecule has 1 saturated carbocycles. The van der Waals surface area contributed by atoms with Crippen LogP contribution in [0.25, 0.3) is 0 Å². The standard InChI is InChI=1S/C16H17F3O4/c1-3-22-13(20)11-12(16(17,18)19)15(11,14(21)23-4-2)10-8-6-5-7-9-10/h5-9,11-12H,3-4H2,1-2H3/t11-,12+,15+/m0/s1. The lowest BCUT2D eigenvalue weighted by Crippen LogP contribution is -2.31. The first-order valence-corrected chi connectivity index (χ1v) is 7.27. The van der Waals surface area contributed by atoms with Crippen LogP contribution >= 0.6 is 0 Å². The fourth-order valence-corrected chi connectivity index (χ4v) is 3.08. The molecule has 0 saturated heterocycles. The van der Waals surface area contributed by atoms with Gasteiger partial charge in [0.25, 0.3) is 0 Å². The van der Waals surface area contributed by atoms with Crippen LogP contribution in [0.2, 0.25) is 0 Å². The molecule has 1 fully saturated rings. The fraction of sp³-hybridized carbons (Fsp3) is 0.500. The lowest BCUT2D eigenvalue weighted by Gasteiger charge is -2.18. The minimum Gasteiger partial charge on any atom is -0.466 e. The number of benzene rings is 1. The van der Waals surface area contributed by atoms with Crippen molar-refractivity contribution < 1.29 is 32.2 Å². The zero-order chi connectivity index (χ0) is 17.3. The van der Waals surface area contributed by atoms with Crippen LogP contribution < -0.4 is 0 Å². The first-order chi connectivity index (χ1) is 10.8. The number of halogens is 3. The topological polar surface area (TPSA) is 52.6 Å². The molecule has 2 rings (SSSR count). The van der Waals surface area contributed by atoms with Gasteiger partial charge in [0.05, 0.1) is 25.0 Å². The number of carbonyl (C=O) groups is 2. The summed E-state index contributed by atoms with van der Waals surface area (Å²) in [5, 5.41) is 0. The van der Waals surface area contributed by atoms with E-state index in [2.05, 4.69) is 0 Å². The van der Waals surface area contributed by atoms with Gasteiger partial charge in [-0.3, -0.25) is 9.59 Å². The molecule has 0 radical (unpaired) electrons. The molecule has 0 unspecified atom stereocenters. The summed E-state index contributed by atoms with van der Waals surface area (Å²) in [7, 11) is 0. The Bertz CT molecular complexity index is 585. The Kier molecular flexibility index (Phi) is 4.68. The Labute approximate surface area is 131 Å². The quantitative estimate of drug-likeness (QED) is 0.779. The third-order valence-electron chi connectivity index (χ3n) is 3.96. The van der Waals surface area contributed by atoms with Gasteiger partial charge in [0.2, 0.25) is 0 Å². The van der Waals surface area contributed by atoms with E-state index < -0.39 is 35.4 Å². The molecule has 0 N–H and O–H groups in total. The second kappa shape index (κ2) is 6.22. The zero-order valence-electron chi connectivity index (χ0n) is 12.7. The summed E-state index contributed by atoms with van der Waals surface area (Å²) < 4.78 is 50.0. The van der Waals surface area contributed by atoms with E-state index in [1.165, 1.54) is 38.1 Å². The number of rotatable bonds is 5. The maximum atomic E-state index is 13.5. The van der Waals surface area contributed by atoms with E-state index in [9.17, 15) is 22.8 Å². The van der Waals surface area contributed by atoms with Crippen LogP contribution in [-0.4, -0.2) is 31.3 Å². The normalized spacial score (nSPS) is 26.5. The lowest BCUT2D eigenvalue weighted by atomic mass is 9.91.